The Bertz CT molecular complexity index is 1450. The van der Waals surface area contributed by atoms with Gasteiger partial charge in [-0.2, -0.15) is 0 Å². The second kappa shape index (κ2) is 13.4. The minimum atomic E-state index is -1.95. The van der Waals surface area contributed by atoms with Crippen molar-refractivity contribution in [2.24, 2.45) is 5.92 Å². The average molecular weight is 587 g/mol. The summed E-state index contributed by atoms with van der Waals surface area (Å²) in [5.74, 6) is 8.64. The van der Waals surface area contributed by atoms with Gasteiger partial charge in [-0.25, -0.2) is 0 Å². The Morgan fingerprint density at radius 1 is 1.10 bits per heavy atom. The van der Waals surface area contributed by atoms with E-state index >= 15 is 0 Å². The summed E-state index contributed by atoms with van der Waals surface area (Å²) < 4.78 is 4.98. The fourth-order valence-corrected chi connectivity index (χ4v) is 6.83. The van der Waals surface area contributed by atoms with Gasteiger partial charge in [-0.3, -0.25) is 13.8 Å². The lowest BCUT2D eigenvalue weighted by molar-refractivity contribution is -0.115. The highest BCUT2D eigenvalue weighted by atomic mass is 32.2. The van der Waals surface area contributed by atoms with Crippen molar-refractivity contribution in [2.75, 3.05) is 34.2 Å². The van der Waals surface area contributed by atoms with Crippen LogP contribution in [0.5, 0.6) is 0 Å². The minimum absolute atomic E-state index is 0.0767. The number of benzene rings is 1. The van der Waals surface area contributed by atoms with Crippen LogP contribution in [0.2, 0.25) is 0 Å². The van der Waals surface area contributed by atoms with E-state index in [1.807, 2.05) is 30.6 Å². The maximum atomic E-state index is 13.7. The van der Waals surface area contributed by atoms with Crippen molar-refractivity contribution < 1.29 is 4.79 Å². The first kappa shape index (κ1) is 31.7. The molecule has 5 nitrogen and oxygen atoms in total. The molecule has 1 unspecified atom stereocenters. The zero-order chi connectivity index (χ0) is 30.6. The van der Waals surface area contributed by atoms with E-state index in [0.29, 0.717) is 18.0 Å². The molecule has 1 amide bonds. The lowest BCUT2D eigenvalue weighted by Crippen LogP contribution is -2.35. The number of rotatable bonds is 8. The van der Waals surface area contributed by atoms with Crippen molar-refractivity contribution in [3.63, 3.8) is 0 Å². The third-order valence-corrected chi connectivity index (χ3v) is 10.8. The Labute approximate surface area is 255 Å². The number of carbonyl (C=O) groups excluding carboxylic acids is 1. The third-order valence-electron chi connectivity index (χ3n) is 8.80. The molecule has 4 rings (SSSR count). The molecule has 1 fully saturated rings. The Morgan fingerprint density at radius 2 is 1.79 bits per heavy atom. The summed E-state index contributed by atoms with van der Waals surface area (Å²) >= 11 is 0. The van der Waals surface area contributed by atoms with Gasteiger partial charge in [-0.1, -0.05) is 79.3 Å². The number of nitrogens with one attached hydrogen (secondary N) is 1. The van der Waals surface area contributed by atoms with E-state index in [2.05, 4.69) is 96.7 Å². The SMILES string of the molecule is C=C1/C=C\C(C(=O)NS(=C)(=C)N(C)C)=C/C(C)N2CC(C(=C)N(C)CCC)=Cc3ccccc3/C2=C/1C1CCCCC1. The first-order chi connectivity index (χ1) is 19.9. The molecule has 1 aromatic carbocycles. The molecule has 1 N–H and O–H groups in total. The maximum Gasteiger partial charge on any atom is 0.260 e. The minimum Gasteiger partial charge on any atom is -0.375 e. The van der Waals surface area contributed by atoms with Crippen LogP contribution in [0, 0.1) is 5.92 Å². The second-order valence-electron chi connectivity index (χ2n) is 12.2. The molecule has 1 aliphatic carbocycles. The maximum absolute atomic E-state index is 13.7. The van der Waals surface area contributed by atoms with Crippen LogP contribution in [-0.2, 0) is 4.79 Å². The highest BCUT2D eigenvalue weighted by molar-refractivity contribution is 8.24. The summed E-state index contributed by atoms with van der Waals surface area (Å²) in [7, 11) is 3.96. The molecule has 226 valence electrons. The van der Waals surface area contributed by atoms with Crippen LogP contribution in [0.4, 0.5) is 0 Å². The highest BCUT2D eigenvalue weighted by Gasteiger charge is 2.32. The van der Waals surface area contributed by atoms with Crippen LogP contribution in [0.1, 0.15) is 63.5 Å². The molecule has 0 bridgehead atoms. The van der Waals surface area contributed by atoms with Crippen molar-refractivity contribution in [3.8, 4) is 0 Å². The van der Waals surface area contributed by atoms with Gasteiger partial charge >= 0.3 is 0 Å². The first-order valence-corrected chi connectivity index (χ1v) is 17.2. The van der Waals surface area contributed by atoms with Crippen LogP contribution >= 0.6 is 9.58 Å². The van der Waals surface area contributed by atoms with Gasteiger partial charge in [0.25, 0.3) is 5.91 Å². The molecule has 0 spiro atoms. The van der Waals surface area contributed by atoms with Crippen molar-refractivity contribution >= 4 is 39.0 Å². The first-order valence-electron chi connectivity index (χ1n) is 15.2. The van der Waals surface area contributed by atoms with E-state index in [4.69, 9.17) is 0 Å². The predicted octanol–water partition coefficient (Wildman–Crippen LogP) is 7.15. The van der Waals surface area contributed by atoms with Crippen LogP contribution in [0.15, 0.2) is 83.6 Å². The van der Waals surface area contributed by atoms with E-state index in [1.54, 1.807) is 0 Å². The van der Waals surface area contributed by atoms with Gasteiger partial charge in [0.1, 0.15) is 0 Å². The lowest BCUT2D eigenvalue weighted by atomic mass is 9.78. The van der Waals surface area contributed by atoms with Crippen LogP contribution < -0.4 is 4.72 Å². The summed E-state index contributed by atoms with van der Waals surface area (Å²) in [5, 5.41) is 0. The molecule has 0 saturated heterocycles. The number of amides is 1. The molecule has 6 heteroatoms. The summed E-state index contributed by atoms with van der Waals surface area (Å²) in [6.07, 6.45) is 15.5. The van der Waals surface area contributed by atoms with Crippen LogP contribution in [0.3, 0.4) is 0 Å². The van der Waals surface area contributed by atoms with Gasteiger partial charge in [0, 0.05) is 48.7 Å². The average Bonchev–Trinajstić information content (AvgIpc) is 3.09. The molecule has 1 atom stereocenters. The van der Waals surface area contributed by atoms with Crippen molar-refractivity contribution in [1.82, 2.24) is 18.8 Å². The Hall–Kier alpha value is -3.22. The van der Waals surface area contributed by atoms with Crippen LogP contribution in [0.25, 0.3) is 11.8 Å². The molecular weight excluding hydrogens is 536 g/mol. The molecule has 0 radical (unpaired) electrons. The Morgan fingerprint density at radius 3 is 2.45 bits per heavy atom. The number of fused-ring (bicyclic) bond motifs is 3. The van der Waals surface area contributed by atoms with Gasteiger partial charge < -0.3 is 9.80 Å². The zero-order valence-corrected chi connectivity index (χ0v) is 27.2. The van der Waals surface area contributed by atoms with E-state index in [9.17, 15) is 4.79 Å². The summed E-state index contributed by atoms with van der Waals surface area (Å²) in [6.45, 7) is 15.2. The fraction of sp³-hybridized carbons (Fsp3) is 0.417. The molecule has 1 saturated carbocycles. The van der Waals surface area contributed by atoms with Gasteiger partial charge in [0.15, 0.2) is 0 Å². The molecule has 1 aromatic rings. The highest BCUT2D eigenvalue weighted by Crippen LogP contribution is 2.43. The standard InChI is InChI=1S/C36H50N4OS/c1-10-22-39(7)28(4)32-24-30-18-14-15-19-33(30)35-34(29-16-12-11-13-17-29)26(2)20-21-31(23-27(3)40(35)25-32)36(41)37-42(8,9)38(5)6/h14-15,18-21,23-24,27,29H,2,4,8-13,16-17,22,25H2,1,3,5-7H3,(H,37,41)/b21-20-,31-23+,35-34+. The van der Waals surface area contributed by atoms with E-state index in [-0.39, 0.29) is 11.9 Å². The van der Waals surface area contributed by atoms with Crippen molar-refractivity contribution in [2.45, 2.75) is 58.4 Å². The number of nitrogens with zero attached hydrogens (tertiary/aromatic N) is 3. The molecule has 42 heavy (non-hydrogen) atoms. The summed E-state index contributed by atoms with van der Waals surface area (Å²) in [6, 6.07) is 8.64. The summed E-state index contributed by atoms with van der Waals surface area (Å²) in [4.78, 5) is 18.4. The second-order valence-corrected chi connectivity index (χ2v) is 14.8. The Kier molecular flexibility index (Phi) is 10.1. The zero-order valence-electron chi connectivity index (χ0n) is 26.4. The lowest BCUT2D eigenvalue weighted by Gasteiger charge is -2.37. The quantitative estimate of drug-likeness (QED) is 0.329. The van der Waals surface area contributed by atoms with Crippen molar-refractivity contribution in [3.05, 3.63) is 94.8 Å². The number of hydrogen-bond acceptors (Lipinski definition) is 4. The monoisotopic (exact) mass is 586 g/mol. The molecule has 3 aliphatic rings. The van der Waals surface area contributed by atoms with Gasteiger partial charge in [-0.15, -0.1) is 0 Å². The molecule has 2 heterocycles. The number of allylic oxidation sites excluding steroid dienone is 3. The fourth-order valence-electron chi connectivity index (χ4n) is 6.19. The third kappa shape index (κ3) is 6.87. The van der Waals surface area contributed by atoms with Crippen molar-refractivity contribution in [1.29, 1.82) is 0 Å². The van der Waals surface area contributed by atoms with E-state index < -0.39 is 9.58 Å². The number of likely N-dealkylation sites (N-methyl/N-ethyl adjacent to an activating group) is 1. The van der Waals surface area contributed by atoms with Gasteiger partial charge in [-0.05, 0) is 98.5 Å². The predicted molar refractivity (Wildman–Crippen MR) is 186 cm³/mol. The largest absolute Gasteiger partial charge is 0.375 e. The normalized spacial score (nSPS) is 23.7. The van der Waals surface area contributed by atoms with Crippen LogP contribution in [-0.4, -0.2) is 72.0 Å². The van der Waals surface area contributed by atoms with E-state index in [1.165, 1.54) is 47.2 Å². The smallest absolute Gasteiger partial charge is 0.260 e. The molecular formula is C36H50N4OS. The number of hydrogen-bond donors (Lipinski definition) is 1. The Balaban J connectivity index is 1.92. The van der Waals surface area contributed by atoms with E-state index in [0.717, 1.165) is 37.1 Å². The number of carbonyl (C=O) groups is 1. The summed E-state index contributed by atoms with van der Waals surface area (Å²) in [5.41, 5.74) is 8.76. The molecule has 2 aliphatic heterocycles. The molecule has 0 aromatic heterocycles. The van der Waals surface area contributed by atoms with Gasteiger partial charge in [0.05, 0.1) is 0 Å². The topological polar surface area (TPSA) is 38.8 Å². The van der Waals surface area contributed by atoms with Gasteiger partial charge in [0.2, 0.25) is 0 Å².